The van der Waals surface area contributed by atoms with Crippen LogP contribution in [0, 0.1) is 18.7 Å². The Balaban J connectivity index is 1.35. The lowest BCUT2D eigenvalue weighted by Crippen LogP contribution is -2.39. The molecule has 0 saturated carbocycles. The molecule has 1 saturated heterocycles. The van der Waals surface area contributed by atoms with Gasteiger partial charge in [0.05, 0.1) is 0 Å². The van der Waals surface area contributed by atoms with Gasteiger partial charge in [-0.1, -0.05) is 0 Å². The summed E-state index contributed by atoms with van der Waals surface area (Å²) in [6.45, 7) is 4.22. The van der Waals surface area contributed by atoms with Crippen LogP contribution >= 0.6 is 0 Å². The number of amides is 1. The molecule has 0 aliphatic carbocycles. The van der Waals surface area contributed by atoms with Crippen LogP contribution in [0.2, 0.25) is 0 Å². The third kappa shape index (κ3) is 3.58. The zero-order valence-corrected chi connectivity index (χ0v) is 16.4. The van der Waals surface area contributed by atoms with Crippen molar-refractivity contribution in [2.75, 3.05) is 31.6 Å². The lowest BCUT2D eigenvalue weighted by Gasteiger charge is -2.32. The summed E-state index contributed by atoms with van der Waals surface area (Å²) in [4.78, 5) is 20.9. The number of anilines is 1. The van der Waals surface area contributed by atoms with E-state index in [1.807, 2.05) is 27.1 Å². The van der Waals surface area contributed by atoms with Crippen LogP contribution in [0.3, 0.4) is 0 Å². The van der Waals surface area contributed by atoms with Crippen LogP contribution in [0.25, 0.3) is 11.1 Å². The minimum absolute atomic E-state index is 0.0490. The number of aryl methyl sites for hydroxylation is 2. The molecule has 3 aromatic rings. The van der Waals surface area contributed by atoms with Crippen LogP contribution in [0.15, 0.2) is 28.7 Å². The number of oxazole rings is 1. The molecule has 1 fully saturated rings. The van der Waals surface area contributed by atoms with Crippen molar-refractivity contribution in [1.82, 2.24) is 19.7 Å². The molecule has 0 bridgehead atoms. The molecule has 7 nitrogen and oxygen atoms in total. The molecule has 4 rings (SSSR count). The molecule has 1 aliphatic heterocycles. The normalized spacial score (nSPS) is 15.4. The highest BCUT2D eigenvalue weighted by Gasteiger charge is 2.25. The first-order valence-corrected chi connectivity index (χ1v) is 9.48. The van der Waals surface area contributed by atoms with Gasteiger partial charge in [-0.25, -0.2) is 4.39 Å². The number of hydrogen-bond acceptors (Lipinski definition) is 5. The Hall–Kier alpha value is -2.90. The summed E-state index contributed by atoms with van der Waals surface area (Å²) in [6.07, 6.45) is 1.87. The fraction of sp³-hybridized carbons (Fsp3) is 0.450. The Kier molecular flexibility index (Phi) is 4.78. The Morgan fingerprint density at radius 2 is 2.07 bits per heavy atom. The van der Waals surface area contributed by atoms with Gasteiger partial charge in [0, 0.05) is 45.5 Å². The van der Waals surface area contributed by atoms with Gasteiger partial charge >= 0.3 is 0 Å². The molecule has 28 heavy (non-hydrogen) atoms. The van der Waals surface area contributed by atoms with Gasteiger partial charge in [0.25, 0.3) is 11.9 Å². The minimum atomic E-state index is -0.329. The Morgan fingerprint density at radius 3 is 2.75 bits per heavy atom. The molecule has 0 unspecified atom stereocenters. The Labute approximate surface area is 162 Å². The molecule has 3 heterocycles. The topological polar surface area (TPSA) is 67.4 Å². The van der Waals surface area contributed by atoms with Crippen LogP contribution in [-0.4, -0.2) is 52.3 Å². The number of aromatic nitrogens is 3. The summed E-state index contributed by atoms with van der Waals surface area (Å²) >= 11 is 0. The van der Waals surface area contributed by atoms with Crippen LogP contribution < -0.4 is 4.90 Å². The van der Waals surface area contributed by atoms with Crippen LogP contribution in [0.1, 0.15) is 29.0 Å². The lowest BCUT2D eigenvalue weighted by molar-refractivity contribution is 0.0758. The molecule has 0 N–H and O–H groups in total. The zero-order chi connectivity index (χ0) is 19.8. The van der Waals surface area contributed by atoms with E-state index in [2.05, 4.69) is 15.0 Å². The zero-order valence-electron chi connectivity index (χ0n) is 16.4. The average Bonchev–Trinajstić information content (AvgIpc) is 3.24. The summed E-state index contributed by atoms with van der Waals surface area (Å²) < 4.78 is 20.8. The van der Waals surface area contributed by atoms with Crippen molar-refractivity contribution in [1.29, 1.82) is 0 Å². The van der Waals surface area contributed by atoms with Gasteiger partial charge in [-0.05, 0) is 43.9 Å². The molecule has 148 valence electrons. The van der Waals surface area contributed by atoms with E-state index in [4.69, 9.17) is 4.42 Å². The monoisotopic (exact) mass is 385 g/mol. The quantitative estimate of drug-likeness (QED) is 0.691. The smallest absolute Gasteiger partial charge is 0.298 e. The van der Waals surface area contributed by atoms with Crippen molar-refractivity contribution in [2.45, 2.75) is 19.8 Å². The van der Waals surface area contributed by atoms with Gasteiger partial charge in [0.1, 0.15) is 11.3 Å². The molecule has 0 atom stereocenters. The maximum Gasteiger partial charge on any atom is 0.298 e. The number of halogens is 1. The molecule has 2 aromatic heterocycles. The van der Waals surface area contributed by atoms with Crippen molar-refractivity contribution in [3.8, 4) is 0 Å². The average molecular weight is 385 g/mol. The number of carbonyl (C=O) groups excluding carboxylic acids is 1. The predicted octanol–water partition coefficient (Wildman–Crippen LogP) is 3.00. The van der Waals surface area contributed by atoms with Crippen LogP contribution in [-0.2, 0) is 7.05 Å². The SMILES string of the molecule is Cc1cc(C(=O)N(C)CC2CCN(c3nc4ccc(F)cc4o3)CC2)nn1C. The first-order valence-electron chi connectivity index (χ1n) is 9.48. The second-order valence-corrected chi connectivity index (χ2v) is 7.52. The number of rotatable bonds is 4. The van der Waals surface area contributed by atoms with Crippen molar-refractivity contribution >= 4 is 23.0 Å². The molecule has 1 amide bonds. The molecule has 1 aliphatic rings. The van der Waals surface area contributed by atoms with Gasteiger partial charge in [0.2, 0.25) is 0 Å². The molecule has 8 heteroatoms. The molecule has 1 aromatic carbocycles. The Bertz CT molecular complexity index is 984. The van der Waals surface area contributed by atoms with E-state index < -0.39 is 0 Å². The third-order valence-corrected chi connectivity index (χ3v) is 5.44. The van der Waals surface area contributed by atoms with Crippen molar-refractivity contribution in [3.63, 3.8) is 0 Å². The number of carbonyl (C=O) groups is 1. The van der Waals surface area contributed by atoms with Gasteiger partial charge in [0.15, 0.2) is 11.3 Å². The van der Waals surface area contributed by atoms with Crippen molar-refractivity contribution in [3.05, 3.63) is 41.5 Å². The first kappa shape index (κ1) is 18.5. The number of hydrogen-bond donors (Lipinski definition) is 0. The highest BCUT2D eigenvalue weighted by molar-refractivity contribution is 5.92. The van der Waals surface area contributed by atoms with E-state index in [0.717, 1.165) is 31.6 Å². The largest absolute Gasteiger partial charge is 0.423 e. The molecule has 0 spiro atoms. The summed E-state index contributed by atoms with van der Waals surface area (Å²) in [5, 5.41) is 4.27. The van der Waals surface area contributed by atoms with E-state index >= 15 is 0 Å². The van der Waals surface area contributed by atoms with Crippen molar-refractivity contribution in [2.24, 2.45) is 13.0 Å². The molecule has 0 radical (unpaired) electrons. The van der Waals surface area contributed by atoms with Gasteiger partial charge in [-0.15, -0.1) is 0 Å². The summed E-state index contributed by atoms with van der Waals surface area (Å²) in [6, 6.07) is 6.73. The second kappa shape index (κ2) is 7.26. The Morgan fingerprint density at radius 1 is 1.32 bits per heavy atom. The van der Waals surface area contributed by atoms with Gasteiger partial charge in [-0.3, -0.25) is 9.48 Å². The first-order chi connectivity index (χ1) is 13.4. The number of fused-ring (bicyclic) bond motifs is 1. The fourth-order valence-corrected chi connectivity index (χ4v) is 3.66. The van der Waals surface area contributed by atoms with Gasteiger partial charge in [-0.2, -0.15) is 10.1 Å². The fourth-order valence-electron chi connectivity index (χ4n) is 3.66. The second-order valence-electron chi connectivity index (χ2n) is 7.52. The highest BCUT2D eigenvalue weighted by Crippen LogP contribution is 2.27. The minimum Gasteiger partial charge on any atom is -0.423 e. The molecular weight excluding hydrogens is 361 g/mol. The summed E-state index contributed by atoms with van der Waals surface area (Å²) in [5.74, 6) is 0.0358. The summed E-state index contributed by atoms with van der Waals surface area (Å²) in [7, 11) is 3.66. The number of piperidine rings is 1. The third-order valence-electron chi connectivity index (χ3n) is 5.44. The highest BCUT2D eigenvalue weighted by atomic mass is 19.1. The van der Waals surface area contributed by atoms with E-state index in [0.29, 0.717) is 35.3 Å². The van der Waals surface area contributed by atoms with Crippen LogP contribution in [0.5, 0.6) is 0 Å². The predicted molar refractivity (Wildman–Crippen MR) is 104 cm³/mol. The standard InChI is InChI=1S/C20H24FN5O2/c1-13-10-17(23-25(13)3)19(27)24(2)12-14-6-8-26(9-7-14)20-22-16-5-4-15(21)11-18(16)28-20/h4-5,10-11,14H,6-9,12H2,1-3H3. The van der Waals surface area contributed by atoms with E-state index in [1.165, 1.54) is 12.1 Å². The van der Waals surface area contributed by atoms with E-state index in [1.54, 1.807) is 15.6 Å². The van der Waals surface area contributed by atoms with Crippen molar-refractivity contribution < 1.29 is 13.6 Å². The van der Waals surface area contributed by atoms with E-state index in [-0.39, 0.29) is 11.7 Å². The molecular formula is C20H24FN5O2. The number of benzene rings is 1. The lowest BCUT2D eigenvalue weighted by atomic mass is 9.96. The van der Waals surface area contributed by atoms with E-state index in [9.17, 15) is 9.18 Å². The maximum absolute atomic E-state index is 13.3. The summed E-state index contributed by atoms with van der Waals surface area (Å²) in [5.41, 5.74) is 2.57. The maximum atomic E-state index is 13.3. The van der Waals surface area contributed by atoms with Crippen LogP contribution in [0.4, 0.5) is 10.4 Å². The van der Waals surface area contributed by atoms with Gasteiger partial charge < -0.3 is 14.2 Å². The number of nitrogens with zero attached hydrogens (tertiary/aromatic N) is 5.